The Morgan fingerprint density at radius 3 is 2.31 bits per heavy atom. The highest BCUT2D eigenvalue weighted by Gasteiger charge is 2.20. The molecule has 2 aromatic heterocycles. The SMILES string of the molecule is CCc1cccc2c1oc1cccc(CC(C)n3c4ccccc4c4ccc5ccccc5c43)c12. The lowest BCUT2D eigenvalue weighted by Crippen LogP contribution is -2.08. The fourth-order valence-corrected chi connectivity index (χ4v) is 6.06. The minimum Gasteiger partial charge on any atom is -0.456 e. The Kier molecular flexibility index (Phi) is 4.50. The summed E-state index contributed by atoms with van der Waals surface area (Å²) >= 11 is 0. The number of nitrogens with zero attached hydrogens (tertiary/aromatic N) is 1. The first-order valence-electron chi connectivity index (χ1n) is 12.6. The number of benzene rings is 5. The van der Waals surface area contributed by atoms with Gasteiger partial charge in [0.15, 0.2) is 0 Å². The Bertz CT molecular complexity index is 1880. The van der Waals surface area contributed by atoms with Crippen LogP contribution in [-0.4, -0.2) is 4.57 Å². The zero-order chi connectivity index (χ0) is 23.5. The fourth-order valence-electron chi connectivity index (χ4n) is 6.06. The van der Waals surface area contributed by atoms with Crippen LogP contribution in [-0.2, 0) is 12.8 Å². The second-order valence-electron chi connectivity index (χ2n) is 9.66. The van der Waals surface area contributed by atoms with Crippen molar-refractivity contribution in [3.63, 3.8) is 0 Å². The van der Waals surface area contributed by atoms with E-state index >= 15 is 0 Å². The van der Waals surface area contributed by atoms with Crippen LogP contribution in [0.4, 0.5) is 0 Å². The minimum atomic E-state index is 0.271. The van der Waals surface area contributed by atoms with Crippen LogP contribution in [0.25, 0.3) is 54.5 Å². The highest BCUT2D eigenvalue weighted by molar-refractivity contribution is 6.17. The van der Waals surface area contributed by atoms with Crippen molar-refractivity contribution in [3.05, 3.63) is 108 Å². The number of aromatic nitrogens is 1. The average molecular weight is 454 g/mol. The maximum atomic E-state index is 6.38. The van der Waals surface area contributed by atoms with Gasteiger partial charge in [0.25, 0.3) is 0 Å². The van der Waals surface area contributed by atoms with Gasteiger partial charge in [0.1, 0.15) is 11.2 Å². The Morgan fingerprint density at radius 2 is 1.43 bits per heavy atom. The van der Waals surface area contributed by atoms with Crippen LogP contribution in [0.15, 0.2) is 101 Å². The van der Waals surface area contributed by atoms with Gasteiger partial charge in [-0.2, -0.15) is 0 Å². The lowest BCUT2D eigenvalue weighted by molar-refractivity contribution is 0.581. The first-order chi connectivity index (χ1) is 17.2. The van der Waals surface area contributed by atoms with Crippen LogP contribution in [0.2, 0.25) is 0 Å². The molecule has 35 heavy (non-hydrogen) atoms. The first kappa shape index (κ1) is 20.3. The van der Waals surface area contributed by atoms with Crippen LogP contribution in [0.3, 0.4) is 0 Å². The van der Waals surface area contributed by atoms with E-state index < -0.39 is 0 Å². The zero-order valence-corrected chi connectivity index (χ0v) is 20.1. The summed E-state index contributed by atoms with van der Waals surface area (Å²) in [6.07, 6.45) is 1.90. The molecule has 2 heteroatoms. The maximum absolute atomic E-state index is 6.38. The third kappa shape index (κ3) is 2.96. The average Bonchev–Trinajstić information content (AvgIpc) is 3.45. The molecule has 0 amide bonds. The molecular formula is C33H27NO. The van der Waals surface area contributed by atoms with Gasteiger partial charge >= 0.3 is 0 Å². The Hall–Kier alpha value is -4.04. The van der Waals surface area contributed by atoms with Crippen molar-refractivity contribution in [2.24, 2.45) is 0 Å². The molecule has 170 valence electrons. The van der Waals surface area contributed by atoms with E-state index in [1.54, 1.807) is 0 Å². The Labute approximate surface area is 204 Å². The summed E-state index contributed by atoms with van der Waals surface area (Å²) in [6.45, 7) is 4.55. The molecule has 0 N–H and O–H groups in total. The van der Waals surface area contributed by atoms with Gasteiger partial charge in [-0.15, -0.1) is 0 Å². The van der Waals surface area contributed by atoms with E-state index in [9.17, 15) is 0 Å². The number of fused-ring (bicyclic) bond motifs is 8. The molecule has 7 aromatic rings. The largest absolute Gasteiger partial charge is 0.456 e. The van der Waals surface area contributed by atoms with Gasteiger partial charge in [0.05, 0.1) is 5.52 Å². The Balaban J connectivity index is 1.47. The predicted molar refractivity (Wildman–Crippen MR) is 148 cm³/mol. The van der Waals surface area contributed by atoms with E-state index in [4.69, 9.17) is 4.42 Å². The molecule has 7 rings (SSSR count). The summed E-state index contributed by atoms with van der Waals surface area (Å²) in [7, 11) is 0. The van der Waals surface area contributed by atoms with Gasteiger partial charge in [-0.05, 0) is 48.4 Å². The molecule has 5 aromatic carbocycles. The topological polar surface area (TPSA) is 18.1 Å². The summed E-state index contributed by atoms with van der Waals surface area (Å²) in [4.78, 5) is 0. The molecule has 0 aliphatic carbocycles. The first-order valence-corrected chi connectivity index (χ1v) is 12.6. The highest BCUT2D eigenvalue weighted by atomic mass is 16.3. The quantitative estimate of drug-likeness (QED) is 0.260. The maximum Gasteiger partial charge on any atom is 0.138 e. The van der Waals surface area contributed by atoms with E-state index in [1.165, 1.54) is 54.5 Å². The molecule has 0 radical (unpaired) electrons. The molecule has 2 nitrogen and oxygen atoms in total. The monoisotopic (exact) mass is 453 g/mol. The van der Waals surface area contributed by atoms with Crippen molar-refractivity contribution in [1.82, 2.24) is 4.57 Å². The zero-order valence-electron chi connectivity index (χ0n) is 20.1. The van der Waals surface area contributed by atoms with E-state index in [-0.39, 0.29) is 6.04 Å². The van der Waals surface area contributed by atoms with E-state index in [1.807, 2.05) is 0 Å². The smallest absolute Gasteiger partial charge is 0.138 e. The molecule has 0 fully saturated rings. The van der Waals surface area contributed by atoms with Gasteiger partial charge in [-0.3, -0.25) is 0 Å². The lowest BCUT2D eigenvalue weighted by atomic mass is 9.99. The van der Waals surface area contributed by atoms with Crippen molar-refractivity contribution in [3.8, 4) is 0 Å². The number of hydrogen-bond donors (Lipinski definition) is 0. The predicted octanol–water partition coefficient (Wildman–Crippen LogP) is 9.21. The molecule has 0 spiro atoms. The third-order valence-electron chi connectivity index (χ3n) is 7.62. The summed E-state index contributed by atoms with van der Waals surface area (Å²) in [5.74, 6) is 0. The molecule has 1 unspecified atom stereocenters. The third-order valence-corrected chi connectivity index (χ3v) is 7.62. The molecular weight excluding hydrogens is 426 g/mol. The summed E-state index contributed by atoms with van der Waals surface area (Å²) in [6, 6.07) is 35.5. The summed E-state index contributed by atoms with van der Waals surface area (Å²) in [5.41, 5.74) is 7.25. The van der Waals surface area contributed by atoms with Crippen LogP contribution in [0, 0.1) is 0 Å². The molecule has 1 atom stereocenters. The van der Waals surface area contributed by atoms with Crippen molar-refractivity contribution >= 4 is 54.5 Å². The van der Waals surface area contributed by atoms with Crippen molar-refractivity contribution < 1.29 is 4.42 Å². The standard InChI is InChI=1S/C33H27NO/c1-3-22-11-8-15-28-31-24(12-9-17-30(31)35-33(22)28)20-21(2)34-29-16-7-6-14-26(29)27-19-18-23-10-4-5-13-25(23)32(27)34/h4-19,21H,3,20H2,1-2H3. The summed E-state index contributed by atoms with van der Waals surface area (Å²) < 4.78 is 8.94. The van der Waals surface area contributed by atoms with Gasteiger partial charge < -0.3 is 8.98 Å². The number of hydrogen-bond acceptors (Lipinski definition) is 1. The van der Waals surface area contributed by atoms with Gasteiger partial charge in [0.2, 0.25) is 0 Å². The van der Waals surface area contributed by atoms with E-state index in [0.717, 1.165) is 24.0 Å². The van der Waals surface area contributed by atoms with Gasteiger partial charge in [-0.25, -0.2) is 0 Å². The number of furan rings is 1. The highest BCUT2D eigenvalue weighted by Crippen LogP contribution is 2.39. The van der Waals surface area contributed by atoms with Crippen LogP contribution in [0.1, 0.15) is 31.0 Å². The van der Waals surface area contributed by atoms with Crippen LogP contribution in [0.5, 0.6) is 0 Å². The van der Waals surface area contributed by atoms with Crippen LogP contribution >= 0.6 is 0 Å². The Morgan fingerprint density at radius 1 is 0.686 bits per heavy atom. The molecule has 0 saturated carbocycles. The second-order valence-corrected chi connectivity index (χ2v) is 9.66. The number of rotatable bonds is 4. The van der Waals surface area contributed by atoms with Crippen LogP contribution < -0.4 is 0 Å². The molecule has 2 heterocycles. The molecule has 0 saturated heterocycles. The van der Waals surface area contributed by atoms with E-state index in [0.29, 0.717) is 0 Å². The van der Waals surface area contributed by atoms with Crippen molar-refractivity contribution in [2.75, 3.05) is 0 Å². The minimum absolute atomic E-state index is 0.271. The lowest BCUT2D eigenvalue weighted by Gasteiger charge is -2.19. The number of para-hydroxylation sites is 2. The fraction of sp³-hybridized carbons (Fsp3) is 0.152. The molecule has 0 bridgehead atoms. The molecule has 0 aliphatic rings. The second kappa shape index (κ2) is 7.74. The van der Waals surface area contributed by atoms with E-state index in [2.05, 4.69) is 115 Å². The van der Waals surface area contributed by atoms with Gasteiger partial charge in [0, 0.05) is 38.5 Å². The number of aryl methyl sites for hydroxylation is 1. The van der Waals surface area contributed by atoms with Crippen molar-refractivity contribution in [1.29, 1.82) is 0 Å². The van der Waals surface area contributed by atoms with Gasteiger partial charge in [-0.1, -0.05) is 91.9 Å². The summed E-state index contributed by atoms with van der Waals surface area (Å²) in [5, 5.41) is 7.73. The van der Waals surface area contributed by atoms with Crippen molar-refractivity contribution in [2.45, 2.75) is 32.7 Å². The normalized spacial score (nSPS) is 13.0. The molecule has 0 aliphatic heterocycles.